The van der Waals surface area contributed by atoms with Gasteiger partial charge in [0.05, 0.1) is 0 Å². The van der Waals surface area contributed by atoms with Crippen molar-refractivity contribution in [3.05, 3.63) is 348 Å². The largest absolute Gasteiger partial charge is 0.482 e. The van der Waals surface area contributed by atoms with Crippen LogP contribution in [0.2, 0.25) is 0 Å². The number of hydrogen-bond acceptors (Lipinski definition) is 8. The number of fused-ring (bicyclic) bond motifs is 12. The van der Waals surface area contributed by atoms with Crippen molar-refractivity contribution in [2.24, 2.45) is 0 Å². The first-order chi connectivity index (χ1) is 53.7. The van der Waals surface area contributed by atoms with Crippen LogP contribution in [0.3, 0.4) is 0 Å². The van der Waals surface area contributed by atoms with Gasteiger partial charge in [0.1, 0.15) is 0 Å². The fourth-order valence-electron chi connectivity index (χ4n) is 12.3. The number of carbonyl (C=O) groups is 8. The first-order valence-corrected chi connectivity index (χ1v) is 34.5. The van der Waals surface area contributed by atoms with Crippen molar-refractivity contribution < 1.29 is 210 Å². The van der Waals surface area contributed by atoms with E-state index in [1.165, 1.54) is 18.3 Å². The van der Waals surface area contributed by atoms with Gasteiger partial charge in [-0.3, -0.25) is 38.4 Å². The van der Waals surface area contributed by atoms with Crippen LogP contribution < -0.4 is 0 Å². The van der Waals surface area contributed by atoms with Gasteiger partial charge < -0.3 is 133 Å². The zero-order chi connectivity index (χ0) is 81.0. The first-order valence-electron chi connectivity index (χ1n) is 34.5. The Morgan fingerprint density at radius 3 is 0.388 bits per heavy atom. The summed E-state index contributed by atoms with van der Waals surface area (Å²) in [6.45, 7) is 28.7. The molecule has 8 atom stereocenters. The molecule has 16 rings (SSSR count). The Hall–Kier alpha value is -9.74. The van der Waals surface area contributed by atoms with Crippen LogP contribution in [0.25, 0.3) is 87.2 Å². The molecule has 8 N–H and O–H groups in total. The topological polar surface area (TPSA) is 338 Å². The van der Waals surface area contributed by atoms with Crippen molar-refractivity contribution in [3.63, 3.8) is 0 Å². The maximum absolute atomic E-state index is 11.2. The molecule has 24 nitrogen and oxygen atoms in total. The molecule has 0 aliphatic rings. The number of para-hydroxylation sites is 8. The quantitative estimate of drug-likeness (QED) is 0.0417. The van der Waals surface area contributed by atoms with Crippen LogP contribution in [0.1, 0.15) is 48.3 Å². The van der Waals surface area contributed by atoms with E-state index in [1.807, 2.05) is 194 Å². The van der Waals surface area contributed by atoms with Crippen molar-refractivity contribution in [2.75, 3.05) is 0 Å². The molecule has 8 aromatic heterocycles. The molecule has 4 radical (unpaired) electrons. The molecule has 0 aliphatic carbocycles. The van der Waals surface area contributed by atoms with Crippen molar-refractivity contribution in [1.82, 2.24) is 36.5 Å². The minimum atomic E-state index is -0.929. The van der Waals surface area contributed by atoms with Gasteiger partial charge in [-0.25, -0.2) is 0 Å². The molecule has 0 bridgehead atoms. The molecular weight excluding hydrogens is 1780 g/mol. The van der Waals surface area contributed by atoms with Gasteiger partial charge in [0, 0.05) is 316 Å². The van der Waals surface area contributed by atoms with Gasteiger partial charge >= 0.3 is 0 Å². The van der Waals surface area contributed by atoms with Gasteiger partial charge in [0.2, 0.25) is 0 Å². The van der Waals surface area contributed by atoms with Crippen LogP contribution in [0.5, 0.6) is 0 Å². The Bertz CT molecular complexity index is 4980. The summed E-state index contributed by atoms with van der Waals surface area (Å²) in [6, 6.07) is 70.3. The number of aliphatic carboxylic acids is 8. The summed E-state index contributed by atoms with van der Waals surface area (Å²) in [7, 11) is 0. The zero-order valence-corrected chi connectivity index (χ0v) is 74.1. The number of benzene rings is 8. The van der Waals surface area contributed by atoms with E-state index in [0.29, 0.717) is 0 Å². The van der Waals surface area contributed by atoms with E-state index in [2.05, 4.69) is 55.4 Å². The van der Waals surface area contributed by atoms with Gasteiger partial charge in [0.15, 0.2) is 0 Å². The number of aromatic nitrogens is 8. The monoisotopic (exact) mass is 1860 g/mol. The molecule has 0 fully saturated rings. The number of hydrogen-bond donors (Lipinski definition) is 8. The van der Waals surface area contributed by atoms with Crippen LogP contribution in [-0.2, 0) is 169 Å². The fourth-order valence-corrected chi connectivity index (χ4v) is 12.3. The van der Waals surface area contributed by atoms with Crippen LogP contribution >= 0.6 is 0 Å². The summed E-state index contributed by atoms with van der Waals surface area (Å²) in [6.07, 6.45) is 13.4. The third-order valence-corrected chi connectivity index (χ3v) is 17.9. The summed E-state index contributed by atoms with van der Waals surface area (Å²) in [4.78, 5) is 86.1. The number of nitrogens with zero attached hydrogens (tertiary/aromatic N) is 8. The third kappa shape index (κ3) is 23.3. The van der Waals surface area contributed by atoms with E-state index in [0.717, 1.165) is 87.2 Å². The van der Waals surface area contributed by atoms with E-state index < -0.39 is 96.1 Å². The van der Waals surface area contributed by atoms with Crippen LogP contribution in [0.15, 0.2) is 292 Å². The average molecular weight is 1860 g/mol. The molecule has 0 saturated carbocycles. The summed E-state index contributed by atoms with van der Waals surface area (Å²) in [5.41, 5.74) is 7.23. The Kier molecular flexibility index (Phi) is 38.1. The third-order valence-electron chi connectivity index (χ3n) is 17.9. The van der Waals surface area contributed by atoms with Crippen LogP contribution in [0.4, 0.5) is 0 Å². The Morgan fingerprint density at radius 2 is 0.284 bits per heavy atom. The fraction of sp³-hybridized carbons (Fsp3) is 0.0909. The molecule has 116 heavy (non-hydrogen) atoms. The predicted octanol–water partition coefficient (Wildman–Crippen LogP) is 16.8. The molecule has 0 spiro atoms. The normalized spacial score (nSPS) is 12.5. The summed E-state index contributed by atoms with van der Waals surface area (Å²) < 4.78 is 13.2. The molecule has 0 unspecified atom stereocenters. The molecule has 0 saturated heterocycles. The number of rotatable bonds is 16. The van der Waals surface area contributed by atoms with E-state index in [9.17, 15) is 58.8 Å². The number of carboxylic acid groups (broad SMARTS) is 8. The van der Waals surface area contributed by atoms with Gasteiger partial charge in [-0.2, -0.15) is 0 Å². The van der Waals surface area contributed by atoms with E-state index in [4.69, 9.17) is 20.4 Å². The molecular formula is C88H80N8O16Y4-8. The Labute approximate surface area is 769 Å². The Morgan fingerprint density at radius 1 is 0.181 bits per heavy atom. The predicted molar refractivity (Wildman–Crippen MR) is 432 cm³/mol. The van der Waals surface area contributed by atoms with Gasteiger partial charge in [-0.05, 0) is 97.1 Å². The summed E-state index contributed by atoms with van der Waals surface area (Å²) in [5.74, 6) is -7.40. The van der Waals surface area contributed by atoms with Crippen LogP contribution in [0, 0.1) is 55.4 Å². The molecule has 8 heterocycles. The average Bonchev–Trinajstić information content (AvgIpc) is 1.63. The van der Waals surface area contributed by atoms with Crippen molar-refractivity contribution in [1.29, 1.82) is 0 Å². The second-order valence-corrected chi connectivity index (χ2v) is 25.0. The summed E-state index contributed by atoms with van der Waals surface area (Å²) >= 11 is 0. The Balaban J connectivity index is 0.000000239. The minimum Gasteiger partial charge on any atom is -0.482 e. The van der Waals surface area contributed by atoms with Gasteiger partial charge in [-0.15, -0.1) is 0 Å². The van der Waals surface area contributed by atoms with Crippen LogP contribution in [-0.4, -0.2) is 125 Å². The van der Waals surface area contributed by atoms with E-state index in [1.54, 1.807) is 116 Å². The maximum atomic E-state index is 11.2. The van der Waals surface area contributed by atoms with Crippen molar-refractivity contribution in [2.45, 2.75) is 48.3 Å². The van der Waals surface area contributed by atoms with Crippen molar-refractivity contribution >= 4 is 135 Å². The van der Waals surface area contributed by atoms with E-state index in [-0.39, 0.29) is 131 Å². The van der Waals surface area contributed by atoms with Gasteiger partial charge in [-0.1, -0.05) is 146 Å². The maximum Gasteiger partial charge on any atom is 0.295 e. The van der Waals surface area contributed by atoms with Gasteiger partial charge in [0.25, 0.3) is 47.8 Å². The minimum absolute atomic E-state index is 0. The van der Waals surface area contributed by atoms with E-state index >= 15 is 0 Å². The molecule has 28 heteroatoms. The second-order valence-electron chi connectivity index (χ2n) is 25.0. The molecule has 8 aromatic carbocycles. The molecule has 0 aliphatic heterocycles. The number of carboxylic acids is 8. The SMILES string of the molecule is [CH2-][C@@H](C(=O)O)n1c2ccccc2c2ccccc21.[CH2-][C@@H](C(=O)O)n1c2ccccc2c2ccccc21.[CH2-][C@@H](C(=O)O)n1c2ccccc2c2ccccc21.[CH2-][C@@H](C(=O)O)n1cccc1.[CH2-][C@H](C(=O)O)n1c2ccccc2c2ccccc21.[CH2-][C@H](C(=O)O)n1cccc1.[CH2-][C@H](C(=O)O)n1cccc1.[CH2-][C@H](C(=O)O)n1cccc1.[Y].[Y].[Y].[Y]. The van der Waals surface area contributed by atoms with Crippen molar-refractivity contribution in [3.8, 4) is 0 Å². The first kappa shape index (κ1) is 96.8. The smallest absolute Gasteiger partial charge is 0.295 e. The standard InChI is InChI=1S/4C15H12NO2.4C7H8NO2.4Y/c4*1-10(15(17)18)16-13-8-4-2-6-11(13)12-7-3-5-9-14(12)16;4*1-6(7(9)10)8-4-2-3-5-8;;;;/h4*2-10H,1H2,(H,17,18);4*2-6H,1H2,(H,9,10);;;;/q8*-1;;;;/t4*10-;4*6-;;;;/m10001110..../s1. The summed E-state index contributed by atoms with van der Waals surface area (Å²) in [5, 5.41) is 79.1. The molecule has 16 aromatic rings. The molecule has 588 valence electrons. The second kappa shape index (κ2) is 45.7. The zero-order valence-electron chi connectivity index (χ0n) is 62.7. The molecule has 0 amide bonds.